The van der Waals surface area contributed by atoms with Gasteiger partial charge in [-0.15, -0.1) is 0 Å². The van der Waals surface area contributed by atoms with E-state index in [-0.39, 0.29) is 16.9 Å². The second-order valence-electron chi connectivity index (χ2n) is 2.94. The van der Waals surface area contributed by atoms with Gasteiger partial charge in [-0.3, -0.25) is 0 Å². The molecule has 7 nitrogen and oxygen atoms in total. The molecule has 17 heavy (non-hydrogen) atoms. The van der Waals surface area contributed by atoms with Gasteiger partial charge in [-0.2, -0.15) is 5.10 Å². The SMILES string of the molecule is NC(=O)N/N=C/c1cc(C(=O)O)cc(I)c1O. The molecule has 0 saturated heterocycles. The number of phenolic OH excluding ortho intramolecular Hbond substituents is 1. The monoisotopic (exact) mass is 349 g/mol. The van der Waals surface area contributed by atoms with Crippen LogP contribution in [0.25, 0.3) is 0 Å². The van der Waals surface area contributed by atoms with Crippen LogP contribution >= 0.6 is 22.6 Å². The summed E-state index contributed by atoms with van der Waals surface area (Å²) in [5, 5.41) is 21.9. The highest BCUT2D eigenvalue weighted by atomic mass is 127. The van der Waals surface area contributed by atoms with Crippen LogP contribution in [0.1, 0.15) is 15.9 Å². The number of hydrazone groups is 1. The summed E-state index contributed by atoms with van der Waals surface area (Å²) in [6.07, 6.45) is 1.11. The first-order chi connectivity index (χ1) is 7.91. The van der Waals surface area contributed by atoms with Crippen LogP contribution in [0.3, 0.4) is 0 Å². The quantitative estimate of drug-likeness (QED) is 0.364. The Bertz CT molecular complexity index is 501. The number of phenols is 1. The van der Waals surface area contributed by atoms with E-state index in [1.165, 1.54) is 12.1 Å². The van der Waals surface area contributed by atoms with Crippen LogP contribution in [0.15, 0.2) is 17.2 Å². The maximum absolute atomic E-state index is 10.8. The number of halogens is 1. The minimum atomic E-state index is -1.12. The molecule has 0 fully saturated rings. The molecule has 0 radical (unpaired) electrons. The Kier molecular flexibility index (Phi) is 4.26. The molecule has 1 rings (SSSR count). The number of nitrogens with two attached hydrogens (primary N) is 1. The van der Waals surface area contributed by atoms with Gasteiger partial charge in [0.2, 0.25) is 0 Å². The van der Waals surface area contributed by atoms with E-state index in [9.17, 15) is 14.7 Å². The van der Waals surface area contributed by atoms with Gasteiger partial charge in [-0.05, 0) is 34.7 Å². The molecule has 1 aromatic rings. The highest BCUT2D eigenvalue weighted by Gasteiger charge is 2.10. The van der Waals surface area contributed by atoms with E-state index >= 15 is 0 Å². The summed E-state index contributed by atoms with van der Waals surface area (Å²) in [5.74, 6) is -1.24. The molecule has 0 atom stereocenters. The molecule has 0 spiro atoms. The average molecular weight is 349 g/mol. The Labute approximate surface area is 109 Å². The van der Waals surface area contributed by atoms with Crippen molar-refractivity contribution in [3.63, 3.8) is 0 Å². The maximum Gasteiger partial charge on any atom is 0.335 e. The highest BCUT2D eigenvalue weighted by molar-refractivity contribution is 14.1. The van der Waals surface area contributed by atoms with Crippen LogP contribution in [-0.2, 0) is 0 Å². The van der Waals surface area contributed by atoms with Gasteiger partial charge in [-0.1, -0.05) is 0 Å². The summed E-state index contributed by atoms with van der Waals surface area (Å²) in [6.45, 7) is 0. The number of amides is 2. The minimum absolute atomic E-state index is 0.00715. The van der Waals surface area contributed by atoms with Crippen LogP contribution in [0.5, 0.6) is 5.75 Å². The van der Waals surface area contributed by atoms with Crippen molar-refractivity contribution in [3.8, 4) is 5.75 Å². The second-order valence-corrected chi connectivity index (χ2v) is 4.10. The number of carboxylic acids is 1. The highest BCUT2D eigenvalue weighted by Crippen LogP contribution is 2.24. The van der Waals surface area contributed by atoms with E-state index in [4.69, 9.17) is 10.8 Å². The number of nitrogens with zero attached hydrogens (tertiary/aromatic N) is 1. The number of carbonyl (C=O) groups excluding carboxylic acids is 1. The average Bonchev–Trinajstić information content (AvgIpc) is 2.23. The topological polar surface area (TPSA) is 125 Å². The Balaban J connectivity index is 3.09. The van der Waals surface area contributed by atoms with E-state index in [0.29, 0.717) is 3.57 Å². The number of aromatic carboxylic acids is 1. The van der Waals surface area contributed by atoms with Crippen LogP contribution in [0, 0.1) is 3.57 Å². The molecule has 0 unspecified atom stereocenters. The summed E-state index contributed by atoms with van der Waals surface area (Å²) in [6, 6.07) is 1.69. The van der Waals surface area contributed by atoms with Crippen LogP contribution in [0.4, 0.5) is 4.79 Å². The zero-order valence-corrected chi connectivity index (χ0v) is 10.5. The summed E-state index contributed by atoms with van der Waals surface area (Å²) in [7, 11) is 0. The Morgan fingerprint density at radius 1 is 1.47 bits per heavy atom. The maximum atomic E-state index is 10.8. The number of hydrogen-bond acceptors (Lipinski definition) is 4. The Hall–Kier alpha value is -1.84. The number of nitrogens with one attached hydrogen (secondary N) is 1. The molecule has 1 aromatic carbocycles. The molecule has 8 heteroatoms. The molecule has 0 bridgehead atoms. The van der Waals surface area contributed by atoms with E-state index in [0.717, 1.165) is 6.21 Å². The lowest BCUT2D eigenvalue weighted by atomic mass is 10.1. The van der Waals surface area contributed by atoms with Crippen molar-refractivity contribution in [2.24, 2.45) is 10.8 Å². The zero-order chi connectivity index (χ0) is 13.0. The predicted molar refractivity (Wildman–Crippen MR) is 68.1 cm³/mol. The van der Waals surface area contributed by atoms with Crippen molar-refractivity contribution in [2.75, 3.05) is 0 Å². The first kappa shape index (κ1) is 13.2. The standard InChI is InChI=1S/C9H8IN3O4/c10-6-2-4(8(15)16)1-5(7(6)14)3-12-13-9(11)17/h1-3,14H,(H,15,16)(H3,11,13,17)/b12-3+. The fraction of sp³-hybridized carbons (Fsp3) is 0. The molecular weight excluding hydrogens is 341 g/mol. The largest absolute Gasteiger partial charge is 0.506 e. The first-order valence-corrected chi connectivity index (χ1v) is 5.34. The summed E-state index contributed by atoms with van der Waals surface area (Å²) < 4.78 is 0.364. The fourth-order valence-corrected chi connectivity index (χ4v) is 1.65. The zero-order valence-electron chi connectivity index (χ0n) is 8.35. The van der Waals surface area contributed by atoms with Crippen molar-refractivity contribution in [3.05, 3.63) is 26.8 Å². The van der Waals surface area contributed by atoms with Crippen LogP contribution in [-0.4, -0.2) is 28.4 Å². The van der Waals surface area contributed by atoms with Gasteiger partial charge in [-0.25, -0.2) is 15.0 Å². The molecule has 0 aliphatic heterocycles. The number of aromatic hydroxyl groups is 1. The lowest BCUT2D eigenvalue weighted by Gasteiger charge is -2.03. The van der Waals surface area contributed by atoms with Gasteiger partial charge in [0, 0.05) is 5.56 Å². The summed E-state index contributed by atoms with van der Waals surface area (Å²) >= 11 is 1.79. The van der Waals surface area contributed by atoms with Gasteiger partial charge in [0.25, 0.3) is 0 Å². The fourth-order valence-electron chi connectivity index (χ4n) is 1.01. The third kappa shape index (κ3) is 3.59. The molecule has 0 aliphatic carbocycles. The van der Waals surface area contributed by atoms with E-state index < -0.39 is 12.0 Å². The number of urea groups is 1. The summed E-state index contributed by atoms with van der Waals surface area (Å²) in [5.41, 5.74) is 6.89. The molecule has 0 aromatic heterocycles. The molecule has 0 aliphatic rings. The van der Waals surface area contributed by atoms with Gasteiger partial charge in [0.15, 0.2) is 0 Å². The number of carboxylic acid groups (broad SMARTS) is 1. The van der Waals surface area contributed by atoms with Gasteiger partial charge in [0.05, 0.1) is 15.3 Å². The number of benzene rings is 1. The van der Waals surface area contributed by atoms with Gasteiger partial charge < -0.3 is 15.9 Å². The predicted octanol–water partition coefficient (Wildman–Crippen LogP) is 0.697. The lowest BCUT2D eigenvalue weighted by Crippen LogP contribution is -2.24. The summed E-state index contributed by atoms with van der Waals surface area (Å²) in [4.78, 5) is 21.1. The van der Waals surface area contributed by atoms with Gasteiger partial charge in [0.1, 0.15) is 5.75 Å². The van der Waals surface area contributed by atoms with Crippen molar-refractivity contribution in [1.82, 2.24) is 5.43 Å². The van der Waals surface area contributed by atoms with Crippen molar-refractivity contribution < 1.29 is 19.8 Å². The third-order valence-electron chi connectivity index (χ3n) is 1.72. The molecular formula is C9H8IN3O4. The lowest BCUT2D eigenvalue weighted by molar-refractivity contribution is 0.0696. The van der Waals surface area contributed by atoms with Crippen molar-refractivity contribution >= 4 is 40.8 Å². The first-order valence-electron chi connectivity index (χ1n) is 4.26. The number of primary amides is 1. The third-order valence-corrected chi connectivity index (χ3v) is 2.54. The van der Waals surface area contributed by atoms with Crippen LogP contribution < -0.4 is 11.2 Å². The molecule has 5 N–H and O–H groups in total. The molecule has 90 valence electrons. The number of hydrogen-bond donors (Lipinski definition) is 4. The number of rotatable bonds is 3. The van der Waals surface area contributed by atoms with E-state index in [2.05, 4.69) is 5.10 Å². The normalized spacial score (nSPS) is 10.4. The second kappa shape index (κ2) is 5.48. The Morgan fingerprint density at radius 3 is 2.65 bits per heavy atom. The smallest absolute Gasteiger partial charge is 0.335 e. The van der Waals surface area contributed by atoms with E-state index in [1.807, 2.05) is 5.43 Å². The molecule has 2 amide bonds. The van der Waals surface area contributed by atoms with E-state index in [1.54, 1.807) is 22.6 Å². The Morgan fingerprint density at radius 2 is 2.12 bits per heavy atom. The molecule has 0 heterocycles. The van der Waals surface area contributed by atoms with Crippen molar-refractivity contribution in [1.29, 1.82) is 0 Å². The number of carbonyl (C=O) groups is 2. The van der Waals surface area contributed by atoms with Gasteiger partial charge >= 0.3 is 12.0 Å². The van der Waals surface area contributed by atoms with Crippen LogP contribution in [0.2, 0.25) is 0 Å². The minimum Gasteiger partial charge on any atom is -0.506 e. The molecule has 0 saturated carbocycles. The van der Waals surface area contributed by atoms with Crippen molar-refractivity contribution in [2.45, 2.75) is 0 Å².